The average Bonchev–Trinajstić information content (AvgIpc) is 2.55. The number of hydrogen-bond acceptors (Lipinski definition) is 2. The van der Waals surface area contributed by atoms with Crippen molar-refractivity contribution in [3.63, 3.8) is 0 Å². The number of hydrogen-bond donors (Lipinski definition) is 1. The largest absolute Gasteiger partial charge is 0.497 e. The molecule has 0 aliphatic rings. The maximum absolute atomic E-state index is 11.9. The van der Waals surface area contributed by atoms with Gasteiger partial charge >= 0.3 is 0 Å². The molecule has 3 nitrogen and oxygen atoms in total. The maximum Gasteiger partial charge on any atom is 0.220 e. The van der Waals surface area contributed by atoms with Crippen LogP contribution in [0.25, 0.3) is 0 Å². The van der Waals surface area contributed by atoms with E-state index in [0.717, 1.165) is 28.6 Å². The summed E-state index contributed by atoms with van der Waals surface area (Å²) >= 11 is 3.51. The molecule has 0 aliphatic carbocycles. The van der Waals surface area contributed by atoms with Crippen molar-refractivity contribution in [1.29, 1.82) is 0 Å². The van der Waals surface area contributed by atoms with Crippen LogP contribution < -0.4 is 10.1 Å². The molecule has 0 aliphatic heterocycles. The molecule has 0 bridgehead atoms. The van der Waals surface area contributed by atoms with E-state index < -0.39 is 0 Å². The van der Waals surface area contributed by atoms with Crippen molar-refractivity contribution in [3.05, 3.63) is 64.1 Å². The van der Waals surface area contributed by atoms with E-state index in [1.165, 1.54) is 5.56 Å². The third-order valence-electron chi connectivity index (χ3n) is 3.47. The van der Waals surface area contributed by atoms with Crippen molar-refractivity contribution in [2.45, 2.75) is 19.3 Å². The lowest BCUT2D eigenvalue weighted by atomic mass is 10.1. The fourth-order valence-corrected chi connectivity index (χ4v) is 2.66. The van der Waals surface area contributed by atoms with E-state index in [-0.39, 0.29) is 5.91 Å². The van der Waals surface area contributed by atoms with Crippen LogP contribution in [0.2, 0.25) is 0 Å². The number of rotatable bonds is 7. The molecule has 1 amide bonds. The Bertz CT molecular complexity index is 611. The van der Waals surface area contributed by atoms with Crippen LogP contribution in [0.5, 0.6) is 5.75 Å². The van der Waals surface area contributed by atoms with Gasteiger partial charge in [0.2, 0.25) is 5.91 Å². The molecule has 116 valence electrons. The van der Waals surface area contributed by atoms with Crippen molar-refractivity contribution in [1.82, 2.24) is 5.32 Å². The van der Waals surface area contributed by atoms with E-state index >= 15 is 0 Å². The Kier molecular flexibility index (Phi) is 6.46. The lowest BCUT2D eigenvalue weighted by Gasteiger charge is -2.07. The van der Waals surface area contributed by atoms with Crippen molar-refractivity contribution >= 4 is 21.8 Å². The second-order valence-corrected chi connectivity index (χ2v) is 5.89. The van der Waals surface area contributed by atoms with Gasteiger partial charge in [-0.25, -0.2) is 0 Å². The minimum absolute atomic E-state index is 0.0860. The average molecular weight is 362 g/mol. The highest BCUT2D eigenvalue weighted by atomic mass is 79.9. The van der Waals surface area contributed by atoms with E-state index in [1.54, 1.807) is 7.11 Å². The van der Waals surface area contributed by atoms with Crippen LogP contribution in [-0.4, -0.2) is 19.6 Å². The number of aryl methyl sites for hydroxylation is 1. The van der Waals surface area contributed by atoms with Crippen LogP contribution in [0, 0.1) is 0 Å². The molecular weight excluding hydrogens is 342 g/mol. The van der Waals surface area contributed by atoms with Gasteiger partial charge in [-0.05, 0) is 42.2 Å². The summed E-state index contributed by atoms with van der Waals surface area (Å²) in [5, 5.41) is 2.97. The van der Waals surface area contributed by atoms with Crippen LogP contribution in [-0.2, 0) is 17.6 Å². The number of carbonyl (C=O) groups excluding carboxylic acids is 1. The Hall–Kier alpha value is -1.81. The molecule has 4 heteroatoms. The highest BCUT2D eigenvalue weighted by Gasteiger charge is 2.03. The zero-order chi connectivity index (χ0) is 15.8. The summed E-state index contributed by atoms with van der Waals surface area (Å²) in [5.74, 6) is 0.921. The fourth-order valence-electron chi connectivity index (χ4n) is 2.18. The molecule has 0 saturated heterocycles. The highest BCUT2D eigenvalue weighted by molar-refractivity contribution is 9.10. The molecule has 0 aromatic heterocycles. The lowest BCUT2D eigenvalue weighted by molar-refractivity contribution is -0.121. The van der Waals surface area contributed by atoms with E-state index in [2.05, 4.69) is 27.3 Å². The van der Waals surface area contributed by atoms with Gasteiger partial charge in [0.15, 0.2) is 0 Å². The molecule has 22 heavy (non-hydrogen) atoms. The molecule has 0 fully saturated rings. The molecular formula is C18H20BrNO2. The van der Waals surface area contributed by atoms with Gasteiger partial charge in [0.1, 0.15) is 5.75 Å². The predicted octanol–water partition coefficient (Wildman–Crippen LogP) is 3.75. The van der Waals surface area contributed by atoms with Crippen LogP contribution in [0.4, 0.5) is 0 Å². The summed E-state index contributed by atoms with van der Waals surface area (Å²) in [6, 6.07) is 15.9. The second kappa shape index (κ2) is 8.59. The number of methoxy groups -OCH3 is 1. The van der Waals surface area contributed by atoms with Gasteiger partial charge in [-0.2, -0.15) is 0 Å². The number of nitrogens with one attached hydrogen (secondary N) is 1. The monoisotopic (exact) mass is 361 g/mol. The smallest absolute Gasteiger partial charge is 0.220 e. The molecule has 0 heterocycles. The highest BCUT2D eigenvalue weighted by Crippen LogP contribution is 2.16. The third-order valence-corrected chi connectivity index (χ3v) is 4.25. The first-order chi connectivity index (χ1) is 10.7. The Morgan fingerprint density at radius 3 is 2.50 bits per heavy atom. The van der Waals surface area contributed by atoms with Gasteiger partial charge in [-0.3, -0.25) is 4.79 Å². The normalized spacial score (nSPS) is 10.3. The van der Waals surface area contributed by atoms with Crippen LogP contribution in [0.3, 0.4) is 0 Å². The second-order valence-electron chi connectivity index (χ2n) is 5.04. The van der Waals surface area contributed by atoms with Crippen LogP contribution in [0.15, 0.2) is 53.0 Å². The van der Waals surface area contributed by atoms with Gasteiger partial charge in [-0.15, -0.1) is 0 Å². The topological polar surface area (TPSA) is 38.3 Å². The zero-order valence-corrected chi connectivity index (χ0v) is 14.2. The van der Waals surface area contributed by atoms with E-state index in [1.807, 2.05) is 42.5 Å². The first-order valence-corrected chi connectivity index (χ1v) is 8.11. The zero-order valence-electron chi connectivity index (χ0n) is 12.6. The summed E-state index contributed by atoms with van der Waals surface area (Å²) in [7, 11) is 1.65. The van der Waals surface area contributed by atoms with Gasteiger partial charge in [0.25, 0.3) is 0 Å². The quantitative estimate of drug-likeness (QED) is 0.815. The van der Waals surface area contributed by atoms with Gasteiger partial charge in [0.05, 0.1) is 7.11 Å². The standard InChI is InChI=1S/C18H20BrNO2/c1-22-16-9-6-14(7-10-16)8-11-18(21)20-13-12-15-4-2-3-5-17(15)19/h2-7,9-10H,8,11-13H2,1H3,(H,20,21). The van der Waals surface area contributed by atoms with Crippen molar-refractivity contribution in [3.8, 4) is 5.75 Å². The van der Waals surface area contributed by atoms with Crippen molar-refractivity contribution in [2.24, 2.45) is 0 Å². The molecule has 2 rings (SSSR count). The molecule has 1 N–H and O–H groups in total. The molecule has 0 saturated carbocycles. The Morgan fingerprint density at radius 2 is 1.82 bits per heavy atom. The Morgan fingerprint density at radius 1 is 1.09 bits per heavy atom. The molecule has 0 atom stereocenters. The maximum atomic E-state index is 11.9. The Balaban J connectivity index is 1.70. The lowest BCUT2D eigenvalue weighted by Crippen LogP contribution is -2.25. The first-order valence-electron chi connectivity index (χ1n) is 7.32. The number of carbonyl (C=O) groups is 1. The summed E-state index contributed by atoms with van der Waals surface area (Å²) in [5.41, 5.74) is 2.35. The summed E-state index contributed by atoms with van der Waals surface area (Å²) in [6.45, 7) is 0.657. The minimum atomic E-state index is 0.0860. The van der Waals surface area contributed by atoms with Gasteiger partial charge < -0.3 is 10.1 Å². The SMILES string of the molecule is COc1ccc(CCC(=O)NCCc2ccccc2Br)cc1. The minimum Gasteiger partial charge on any atom is -0.497 e. The fraction of sp³-hybridized carbons (Fsp3) is 0.278. The third kappa shape index (κ3) is 5.19. The Labute approximate surface area is 139 Å². The number of benzene rings is 2. The summed E-state index contributed by atoms with van der Waals surface area (Å²) in [4.78, 5) is 11.9. The number of ether oxygens (including phenoxy) is 1. The molecule has 0 spiro atoms. The molecule has 0 unspecified atom stereocenters. The summed E-state index contributed by atoms with van der Waals surface area (Å²) in [6.07, 6.45) is 2.07. The number of amides is 1. The first kappa shape index (κ1) is 16.6. The molecule has 2 aromatic rings. The van der Waals surface area contributed by atoms with Crippen LogP contribution in [0.1, 0.15) is 17.5 Å². The van der Waals surface area contributed by atoms with Crippen molar-refractivity contribution < 1.29 is 9.53 Å². The predicted molar refractivity (Wildman–Crippen MR) is 92.2 cm³/mol. The molecule has 0 radical (unpaired) electrons. The van der Waals surface area contributed by atoms with E-state index in [0.29, 0.717) is 13.0 Å². The van der Waals surface area contributed by atoms with E-state index in [4.69, 9.17) is 4.74 Å². The van der Waals surface area contributed by atoms with Gasteiger partial charge in [0, 0.05) is 17.4 Å². The van der Waals surface area contributed by atoms with Crippen LogP contribution >= 0.6 is 15.9 Å². The number of halogens is 1. The molecule has 2 aromatic carbocycles. The van der Waals surface area contributed by atoms with Crippen molar-refractivity contribution in [2.75, 3.05) is 13.7 Å². The van der Waals surface area contributed by atoms with Gasteiger partial charge in [-0.1, -0.05) is 46.3 Å². The summed E-state index contributed by atoms with van der Waals surface area (Å²) < 4.78 is 6.20. The van der Waals surface area contributed by atoms with E-state index in [9.17, 15) is 4.79 Å².